The van der Waals surface area contributed by atoms with Crippen LogP contribution in [0.4, 0.5) is 4.79 Å². The minimum Gasteiger partial charge on any atom is -0.497 e. The van der Waals surface area contributed by atoms with Crippen LogP contribution in [0, 0.1) is 5.92 Å². The maximum absolute atomic E-state index is 13.0. The van der Waals surface area contributed by atoms with Crippen molar-refractivity contribution in [2.24, 2.45) is 5.92 Å². The summed E-state index contributed by atoms with van der Waals surface area (Å²) in [7, 11) is 1.58. The van der Waals surface area contributed by atoms with E-state index in [1.54, 1.807) is 13.2 Å². The first-order valence-electron chi connectivity index (χ1n) is 9.14. The monoisotopic (exact) mass is 370 g/mol. The van der Waals surface area contributed by atoms with Crippen LogP contribution in [-0.2, 0) is 11.3 Å². The summed E-state index contributed by atoms with van der Waals surface area (Å²) in [6.07, 6.45) is 3.62. The van der Waals surface area contributed by atoms with E-state index >= 15 is 0 Å². The number of nitrogens with one attached hydrogen (secondary N) is 1. The summed E-state index contributed by atoms with van der Waals surface area (Å²) in [5, 5.41) is 6.89. The average Bonchev–Trinajstić information content (AvgIpc) is 3.24. The zero-order chi connectivity index (χ0) is 19.0. The maximum Gasteiger partial charge on any atom is 0.325 e. The fourth-order valence-electron chi connectivity index (χ4n) is 3.97. The molecule has 1 N–H and O–H groups in total. The van der Waals surface area contributed by atoms with Crippen LogP contribution in [0.5, 0.6) is 5.75 Å². The molecule has 2 atom stereocenters. The minimum absolute atomic E-state index is 0.0316. The Morgan fingerprint density at radius 1 is 1.37 bits per heavy atom. The molecule has 1 saturated carbocycles. The second-order valence-electron chi connectivity index (χ2n) is 7.18. The maximum atomic E-state index is 13.0. The van der Waals surface area contributed by atoms with Gasteiger partial charge in [0.25, 0.3) is 5.91 Å². The van der Waals surface area contributed by atoms with E-state index in [9.17, 15) is 9.59 Å². The first-order chi connectivity index (χ1) is 13.0. The Labute approximate surface area is 156 Å². The van der Waals surface area contributed by atoms with Crippen molar-refractivity contribution in [1.82, 2.24) is 20.4 Å². The predicted octanol–water partition coefficient (Wildman–Crippen LogP) is 2.75. The number of ether oxygens (including phenoxy) is 1. The van der Waals surface area contributed by atoms with Crippen molar-refractivity contribution >= 4 is 11.9 Å². The van der Waals surface area contributed by atoms with Crippen molar-refractivity contribution in [2.75, 3.05) is 7.11 Å². The number of aromatic nitrogens is 2. The molecule has 0 radical (unpaired) electrons. The van der Waals surface area contributed by atoms with Gasteiger partial charge >= 0.3 is 6.03 Å². The van der Waals surface area contributed by atoms with Gasteiger partial charge in [0.05, 0.1) is 7.11 Å². The van der Waals surface area contributed by atoms with Crippen LogP contribution in [0.25, 0.3) is 11.4 Å². The Morgan fingerprint density at radius 2 is 2.22 bits per heavy atom. The molecule has 2 fully saturated rings. The average molecular weight is 370 g/mol. The van der Waals surface area contributed by atoms with Gasteiger partial charge in [-0.15, -0.1) is 0 Å². The highest BCUT2D eigenvalue weighted by Gasteiger charge is 2.55. The highest BCUT2D eigenvalue weighted by Crippen LogP contribution is 2.38. The first kappa shape index (κ1) is 17.5. The molecule has 4 rings (SSSR count). The molecule has 1 saturated heterocycles. The van der Waals surface area contributed by atoms with Crippen LogP contribution in [0.1, 0.15) is 38.5 Å². The van der Waals surface area contributed by atoms with E-state index in [1.807, 2.05) is 25.1 Å². The Balaban J connectivity index is 1.54. The third kappa shape index (κ3) is 2.94. The van der Waals surface area contributed by atoms with Crippen molar-refractivity contribution in [3.63, 3.8) is 0 Å². The zero-order valence-electron chi connectivity index (χ0n) is 15.4. The molecule has 0 bridgehead atoms. The van der Waals surface area contributed by atoms with Gasteiger partial charge in [0, 0.05) is 5.56 Å². The number of rotatable bonds is 4. The van der Waals surface area contributed by atoms with Crippen molar-refractivity contribution in [3.05, 3.63) is 30.2 Å². The molecule has 2 heterocycles. The number of benzene rings is 1. The largest absolute Gasteiger partial charge is 0.497 e. The highest BCUT2D eigenvalue weighted by molar-refractivity contribution is 6.07. The molecule has 2 aliphatic rings. The van der Waals surface area contributed by atoms with Gasteiger partial charge in [-0.1, -0.05) is 37.1 Å². The van der Waals surface area contributed by atoms with Crippen molar-refractivity contribution in [2.45, 2.75) is 44.7 Å². The van der Waals surface area contributed by atoms with Gasteiger partial charge in [-0.3, -0.25) is 9.69 Å². The Hall–Kier alpha value is -2.90. The first-order valence-corrected chi connectivity index (χ1v) is 9.14. The van der Waals surface area contributed by atoms with Crippen LogP contribution in [0.2, 0.25) is 0 Å². The molecule has 1 aliphatic heterocycles. The summed E-state index contributed by atoms with van der Waals surface area (Å²) in [5.74, 6) is 1.21. The van der Waals surface area contributed by atoms with E-state index < -0.39 is 11.6 Å². The number of hydrogen-bond acceptors (Lipinski definition) is 6. The van der Waals surface area contributed by atoms with Crippen LogP contribution >= 0.6 is 0 Å². The number of imide groups is 1. The summed E-state index contributed by atoms with van der Waals surface area (Å²) in [4.78, 5) is 31.0. The predicted molar refractivity (Wildman–Crippen MR) is 95.7 cm³/mol. The lowest BCUT2D eigenvalue weighted by molar-refractivity contribution is -0.134. The molecule has 142 valence electrons. The van der Waals surface area contributed by atoms with E-state index in [4.69, 9.17) is 9.26 Å². The quantitative estimate of drug-likeness (QED) is 0.831. The Morgan fingerprint density at radius 3 is 3.00 bits per heavy atom. The third-order valence-corrected chi connectivity index (χ3v) is 5.59. The smallest absolute Gasteiger partial charge is 0.325 e. The van der Waals surface area contributed by atoms with Gasteiger partial charge in [-0.05, 0) is 30.9 Å². The van der Waals surface area contributed by atoms with E-state index in [0.717, 1.165) is 24.8 Å². The number of carbonyl (C=O) groups excluding carboxylic acids is 2. The number of urea groups is 1. The fraction of sp³-hybridized carbons (Fsp3) is 0.474. The van der Waals surface area contributed by atoms with Gasteiger partial charge < -0.3 is 14.6 Å². The van der Waals surface area contributed by atoms with E-state index in [-0.39, 0.29) is 24.3 Å². The van der Waals surface area contributed by atoms with E-state index in [0.29, 0.717) is 18.0 Å². The lowest BCUT2D eigenvalue weighted by Gasteiger charge is -2.36. The van der Waals surface area contributed by atoms with Crippen LogP contribution in [-0.4, -0.2) is 39.6 Å². The molecule has 8 heteroatoms. The number of carbonyl (C=O) groups is 2. The van der Waals surface area contributed by atoms with Crippen LogP contribution in [0.15, 0.2) is 28.8 Å². The molecule has 2 aromatic rings. The molecule has 2 unspecified atom stereocenters. The van der Waals surface area contributed by atoms with Gasteiger partial charge in [-0.2, -0.15) is 4.98 Å². The van der Waals surface area contributed by atoms with Crippen LogP contribution in [0.3, 0.4) is 0 Å². The molecule has 3 amide bonds. The van der Waals surface area contributed by atoms with Crippen molar-refractivity contribution < 1.29 is 18.8 Å². The van der Waals surface area contributed by atoms with E-state index in [2.05, 4.69) is 15.5 Å². The lowest BCUT2D eigenvalue weighted by Crippen LogP contribution is -2.53. The fourth-order valence-corrected chi connectivity index (χ4v) is 3.97. The molecule has 1 spiro atoms. The number of nitrogens with zero attached hydrogens (tertiary/aromatic N) is 3. The lowest BCUT2D eigenvalue weighted by atomic mass is 9.73. The highest BCUT2D eigenvalue weighted by atomic mass is 16.5. The SMILES string of the molecule is COc1cccc(-c2noc(CN3C(=O)NC4(CCCCC4C)C3=O)n2)c1. The molecular weight excluding hydrogens is 348 g/mol. The van der Waals surface area contributed by atoms with Crippen LogP contribution < -0.4 is 10.1 Å². The molecule has 1 aromatic heterocycles. The summed E-state index contributed by atoms with van der Waals surface area (Å²) in [6.45, 7) is 1.99. The minimum atomic E-state index is -0.787. The number of amides is 3. The molecular formula is C19H22N4O4. The summed E-state index contributed by atoms with van der Waals surface area (Å²) in [6, 6.07) is 6.89. The molecule has 1 aromatic carbocycles. The normalized spacial score (nSPS) is 25.1. The third-order valence-electron chi connectivity index (χ3n) is 5.59. The molecule has 27 heavy (non-hydrogen) atoms. The zero-order valence-corrected chi connectivity index (χ0v) is 15.4. The molecule has 8 nitrogen and oxygen atoms in total. The summed E-state index contributed by atoms with van der Waals surface area (Å²) >= 11 is 0. The number of methoxy groups -OCH3 is 1. The molecule has 1 aliphatic carbocycles. The second kappa shape index (κ2) is 6.68. The van der Waals surface area contributed by atoms with Gasteiger partial charge in [0.2, 0.25) is 11.7 Å². The van der Waals surface area contributed by atoms with Crippen molar-refractivity contribution in [3.8, 4) is 17.1 Å². The Bertz CT molecular complexity index is 880. The standard InChI is InChI=1S/C19H22N4O4/c1-12-6-3-4-9-19(12)17(24)23(18(25)21-19)11-15-20-16(22-27-15)13-7-5-8-14(10-13)26-2/h5,7-8,10,12H,3-4,6,9,11H2,1-2H3,(H,21,25). The second-order valence-corrected chi connectivity index (χ2v) is 7.18. The van der Waals surface area contributed by atoms with Gasteiger partial charge in [0.15, 0.2) is 0 Å². The summed E-state index contributed by atoms with van der Waals surface area (Å²) < 4.78 is 10.5. The number of hydrogen-bond donors (Lipinski definition) is 1. The van der Waals surface area contributed by atoms with Crippen molar-refractivity contribution in [1.29, 1.82) is 0 Å². The van der Waals surface area contributed by atoms with E-state index in [1.165, 1.54) is 4.90 Å². The van der Waals surface area contributed by atoms with Gasteiger partial charge in [0.1, 0.15) is 17.8 Å². The van der Waals surface area contributed by atoms with Gasteiger partial charge in [-0.25, -0.2) is 4.79 Å². The summed E-state index contributed by atoms with van der Waals surface area (Å²) in [5.41, 5.74) is -0.0516. The topological polar surface area (TPSA) is 97.6 Å². The Kier molecular flexibility index (Phi) is 4.33.